The predicted octanol–water partition coefficient (Wildman–Crippen LogP) is 2.08. The van der Waals surface area contributed by atoms with Gasteiger partial charge in [0.25, 0.3) is 0 Å². The minimum Gasteiger partial charge on any atom is -0.396 e. The molecule has 0 aromatic heterocycles. The molecule has 2 N–H and O–H groups in total. The molecule has 23 heavy (non-hydrogen) atoms. The number of amides is 2. The molecule has 2 aliphatic rings. The summed E-state index contributed by atoms with van der Waals surface area (Å²) in [6.45, 7) is 4.76. The molecule has 0 spiro atoms. The van der Waals surface area contributed by atoms with Crippen molar-refractivity contribution < 1.29 is 14.7 Å². The zero-order valence-electron chi connectivity index (χ0n) is 14.6. The smallest absolute Gasteiger partial charge is 0.224 e. The second kappa shape index (κ2) is 8.67. The largest absolute Gasteiger partial charge is 0.396 e. The molecule has 1 saturated carbocycles. The average molecular weight is 324 g/mol. The zero-order chi connectivity index (χ0) is 16.8. The Morgan fingerprint density at radius 1 is 1.17 bits per heavy atom. The summed E-state index contributed by atoms with van der Waals surface area (Å²) in [6.07, 6.45) is 7.74. The monoisotopic (exact) mass is 324 g/mol. The zero-order valence-corrected chi connectivity index (χ0v) is 14.6. The van der Waals surface area contributed by atoms with E-state index in [1.54, 1.807) is 0 Å². The van der Waals surface area contributed by atoms with Crippen molar-refractivity contribution in [2.75, 3.05) is 13.2 Å². The first-order chi connectivity index (χ1) is 11.0. The lowest BCUT2D eigenvalue weighted by atomic mass is 9.88. The number of aliphatic hydroxyl groups excluding tert-OH is 1. The number of nitrogens with zero attached hydrogens (tertiary/aromatic N) is 1. The molecule has 5 heteroatoms. The van der Waals surface area contributed by atoms with Crippen molar-refractivity contribution in [3.05, 3.63) is 0 Å². The first-order valence-corrected chi connectivity index (χ1v) is 9.22. The molecule has 5 nitrogen and oxygen atoms in total. The van der Waals surface area contributed by atoms with Crippen molar-refractivity contribution in [2.45, 2.75) is 77.3 Å². The third-order valence-corrected chi connectivity index (χ3v) is 5.40. The highest BCUT2D eigenvalue weighted by Gasteiger charge is 2.30. The van der Waals surface area contributed by atoms with Gasteiger partial charge in [-0.25, -0.2) is 0 Å². The van der Waals surface area contributed by atoms with E-state index < -0.39 is 0 Å². The van der Waals surface area contributed by atoms with Crippen LogP contribution in [0.1, 0.15) is 65.2 Å². The maximum Gasteiger partial charge on any atom is 0.224 e. The maximum absolute atomic E-state index is 12.5. The molecule has 0 bridgehead atoms. The summed E-state index contributed by atoms with van der Waals surface area (Å²) in [5, 5.41) is 12.4. The van der Waals surface area contributed by atoms with Gasteiger partial charge in [-0.1, -0.05) is 19.3 Å². The molecule has 0 aromatic rings. The molecule has 0 aromatic carbocycles. The van der Waals surface area contributed by atoms with Gasteiger partial charge in [0.15, 0.2) is 0 Å². The van der Waals surface area contributed by atoms with Gasteiger partial charge in [0.1, 0.15) is 0 Å². The van der Waals surface area contributed by atoms with E-state index in [2.05, 4.69) is 12.2 Å². The van der Waals surface area contributed by atoms with Crippen molar-refractivity contribution in [1.82, 2.24) is 10.2 Å². The van der Waals surface area contributed by atoms with Crippen LogP contribution in [0.15, 0.2) is 0 Å². The number of hydrogen-bond acceptors (Lipinski definition) is 3. The van der Waals surface area contributed by atoms with Gasteiger partial charge in [0.2, 0.25) is 11.8 Å². The highest BCUT2D eigenvalue weighted by atomic mass is 16.3. The van der Waals surface area contributed by atoms with Crippen LogP contribution < -0.4 is 5.32 Å². The minimum absolute atomic E-state index is 0.0899. The summed E-state index contributed by atoms with van der Waals surface area (Å²) >= 11 is 0. The lowest BCUT2D eigenvalue weighted by molar-refractivity contribution is -0.136. The van der Waals surface area contributed by atoms with E-state index in [4.69, 9.17) is 0 Å². The minimum atomic E-state index is -0.126. The van der Waals surface area contributed by atoms with Crippen LogP contribution >= 0.6 is 0 Å². The third kappa shape index (κ3) is 5.20. The summed E-state index contributed by atoms with van der Waals surface area (Å²) in [6, 6.07) is 0.102. The van der Waals surface area contributed by atoms with E-state index >= 15 is 0 Å². The van der Waals surface area contributed by atoms with Crippen LogP contribution in [0.25, 0.3) is 0 Å². The summed E-state index contributed by atoms with van der Waals surface area (Å²) < 4.78 is 0. The van der Waals surface area contributed by atoms with E-state index in [1.807, 2.05) is 11.8 Å². The molecule has 2 fully saturated rings. The number of carbonyl (C=O) groups is 2. The molecule has 3 atom stereocenters. The van der Waals surface area contributed by atoms with Crippen LogP contribution in [0.5, 0.6) is 0 Å². The topological polar surface area (TPSA) is 69.6 Å². The van der Waals surface area contributed by atoms with Crippen LogP contribution in [0.3, 0.4) is 0 Å². The van der Waals surface area contributed by atoms with Crippen LogP contribution in [0.2, 0.25) is 0 Å². The Hall–Kier alpha value is -1.10. The number of rotatable bonds is 5. The fourth-order valence-corrected chi connectivity index (χ4v) is 3.83. The summed E-state index contributed by atoms with van der Waals surface area (Å²) in [4.78, 5) is 26.7. The van der Waals surface area contributed by atoms with Crippen molar-refractivity contribution >= 4 is 11.8 Å². The number of likely N-dealkylation sites (tertiary alicyclic amines) is 1. The number of nitrogens with one attached hydrogen (secondary N) is 1. The van der Waals surface area contributed by atoms with Gasteiger partial charge in [-0.15, -0.1) is 0 Å². The maximum atomic E-state index is 12.5. The van der Waals surface area contributed by atoms with Gasteiger partial charge in [0, 0.05) is 37.6 Å². The molecule has 132 valence electrons. The molecular formula is C18H32N2O3. The van der Waals surface area contributed by atoms with Crippen molar-refractivity contribution in [2.24, 2.45) is 11.8 Å². The normalized spacial score (nSPS) is 27.5. The van der Waals surface area contributed by atoms with E-state index in [-0.39, 0.29) is 42.3 Å². The molecule has 3 unspecified atom stereocenters. The lowest BCUT2D eigenvalue weighted by Gasteiger charge is -2.38. The number of aliphatic hydroxyl groups is 1. The van der Waals surface area contributed by atoms with Crippen LogP contribution in [0, 0.1) is 11.8 Å². The van der Waals surface area contributed by atoms with Gasteiger partial charge in [-0.2, -0.15) is 0 Å². The Morgan fingerprint density at radius 3 is 2.52 bits per heavy atom. The molecule has 1 aliphatic heterocycles. The Balaban J connectivity index is 1.80. The molecule has 0 radical (unpaired) electrons. The standard InChI is InChI=1S/C18H32N2O3/c1-13(19-18(23)16-6-4-3-5-7-16)10-17(22)20-11-15(12-21)9-8-14(20)2/h13-16,21H,3-12H2,1-2H3,(H,19,23). The average Bonchev–Trinajstić information content (AvgIpc) is 2.55. The van der Waals surface area contributed by atoms with Crippen LogP contribution in [-0.2, 0) is 9.59 Å². The van der Waals surface area contributed by atoms with Crippen LogP contribution in [0.4, 0.5) is 0 Å². The molecular weight excluding hydrogens is 292 g/mol. The molecule has 1 heterocycles. The number of piperidine rings is 1. The lowest BCUT2D eigenvalue weighted by Crippen LogP contribution is -2.48. The van der Waals surface area contributed by atoms with Gasteiger partial charge >= 0.3 is 0 Å². The first-order valence-electron chi connectivity index (χ1n) is 9.22. The van der Waals surface area contributed by atoms with E-state index in [1.165, 1.54) is 6.42 Å². The van der Waals surface area contributed by atoms with Crippen LogP contribution in [-0.4, -0.2) is 47.1 Å². The van der Waals surface area contributed by atoms with Gasteiger partial charge < -0.3 is 15.3 Å². The second-order valence-electron chi connectivity index (χ2n) is 7.47. The first kappa shape index (κ1) is 18.2. The van der Waals surface area contributed by atoms with E-state index in [0.29, 0.717) is 13.0 Å². The van der Waals surface area contributed by atoms with Crippen molar-refractivity contribution in [3.63, 3.8) is 0 Å². The second-order valence-corrected chi connectivity index (χ2v) is 7.47. The number of carbonyl (C=O) groups excluding carboxylic acids is 2. The quantitative estimate of drug-likeness (QED) is 0.813. The fraction of sp³-hybridized carbons (Fsp3) is 0.889. The number of hydrogen-bond donors (Lipinski definition) is 2. The summed E-state index contributed by atoms with van der Waals surface area (Å²) in [5.41, 5.74) is 0. The third-order valence-electron chi connectivity index (χ3n) is 5.40. The van der Waals surface area contributed by atoms with Crippen molar-refractivity contribution in [3.8, 4) is 0 Å². The molecule has 1 aliphatic carbocycles. The summed E-state index contributed by atoms with van der Waals surface area (Å²) in [7, 11) is 0. The Kier molecular flexibility index (Phi) is 6.88. The van der Waals surface area contributed by atoms with E-state index in [9.17, 15) is 14.7 Å². The highest BCUT2D eigenvalue weighted by molar-refractivity contribution is 5.81. The van der Waals surface area contributed by atoms with Gasteiger partial charge in [-0.05, 0) is 45.4 Å². The van der Waals surface area contributed by atoms with Crippen molar-refractivity contribution in [1.29, 1.82) is 0 Å². The Labute approximate surface area is 139 Å². The van der Waals surface area contributed by atoms with Gasteiger partial charge in [-0.3, -0.25) is 9.59 Å². The molecule has 1 saturated heterocycles. The summed E-state index contributed by atoms with van der Waals surface area (Å²) in [5.74, 6) is 0.535. The van der Waals surface area contributed by atoms with E-state index in [0.717, 1.165) is 38.5 Å². The Morgan fingerprint density at radius 2 is 1.87 bits per heavy atom. The Bertz CT molecular complexity index is 407. The van der Waals surface area contributed by atoms with Gasteiger partial charge in [0.05, 0.1) is 0 Å². The highest BCUT2D eigenvalue weighted by Crippen LogP contribution is 2.24. The molecule has 2 amide bonds. The SMILES string of the molecule is CC(CC(=O)N1CC(CO)CCC1C)NC(=O)C1CCCCC1. The predicted molar refractivity (Wildman–Crippen MR) is 89.8 cm³/mol. The fourth-order valence-electron chi connectivity index (χ4n) is 3.83. The molecule has 2 rings (SSSR count).